The first-order chi connectivity index (χ1) is 14.5. The Morgan fingerprint density at radius 2 is 1.77 bits per heavy atom. The third kappa shape index (κ3) is 7.07. The highest BCUT2D eigenvalue weighted by molar-refractivity contribution is 5.69. The smallest absolute Gasteiger partial charge is 0.330 e. The average molecular weight is 427 g/mol. The largest absolute Gasteiger partial charge is 0.457 e. The number of aliphatic hydroxyl groups is 2. The molecule has 1 aliphatic rings. The predicted molar refractivity (Wildman–Crippen MR) is 110 cm³/mol. The second kappa shape index (κ2) is 12.7. The van der Waals surface area contributed by atoms with Crippen LogP contribution in [0.25, 0.3) is 0 Å². The molecule has 1 fully saturated rings. The molecule has 1 saturated heterocycles. The standard InChI is InChI=1S/C21H34N2O7/c1-2-3-4-5-6-7-8-9-10-11-17(26)30-19-15(14-24)29-20(18(19)27)23-13-12-16(25)22-21(23)28/h12-13,15,18-20,24,27H,2-11,14H2,1H3,(H,22,25,28)/t15-,18+,19-,20-/m1/s1. The molecule has 1 aromatic rings. The molecule has 0 aliphatic carbocycles. The van der Waals surface area contributed by atoms with Gasteiger partial charge in [-0.25, -0.2) is 4.79 Å². The molecule has 2 heterocycles. The Bertz CT molecular complexity index is 760. The third-order valence-electron chi connectivity index (χ3n) is 5.37. The Kier molecular flexibility index (Phi) is 10.3. The summed E-state index contributed by atoms with van der Waals surface area (Å²) >= 11 is 0. The van der Waals surface area contributed by atoms with Gasteiger partial charge in [0.05, 0.1) is 6.61 Å². The second-order valence-corrected chi connectivity index (χ2v) is 7.79. The summed E-state index contributed by atoms with van der Waals surface area (Å²) in [6.45, 7) is 1.71. The number of unbranched alkanes of at least 4 members (excludes halogenated alkanes) is 8. The van der Waals surface area contributed by atoms with Crippen LogP contribution >= 0.6 is 0 Å². The van der Waals surface area contributed by atoms with Crippen LogP contribution in [0.1, 0.15) is 77.4 Å². The molecule has 1 aromatic heterocycles. The minimum atomic E-state index is -1.35. The lowest BCUT2D eigenvalue weighted by Gasteiger charge is -2.20. The van der Waals surface area contributed by atoms with Crippen molar-refractivity contribution in [1.29, 1.82) is 0 Å². The molecule has 170 valence electrons. The minimum absolute atomic E-state index is 0.223. The van der Waals surface area contributed by atoms with Crippen LogP contribution in [0.5, 0.6) is 0 Å². The van der Waals surface area contributed by atoms with Gasteiger partial charge in [-0.2, -0.15) is 0 Å². The summed E-state index contributed by atoms with van der Waals surface area (Å²) < 4.78 is 11.9. The SMILES string of the molecule is CCCCCCCCCCCC(=O)O[C@H]1[C@H](O)[C@H](n2ccc(=O)[nH]c2=O)O[C@@H]1CO. The number of nitrogens with zero attached hydrogens (tertiary/aromatic N) is 1. The van der Waals surface area contributed by atoms with Crippen LogP contribution in [-0.4, -0.2) is 50.7 Å². The van der Waals surface area contributed by atoms with E-state index in [9.17, 15) is 24.6 Å². The maximum Gasteiger partial charge on any atom is 0.330 e. The van der Waals surface area contributed by atoms with Gasteiger partial charge in [0.2, 0.25) is 0 Å². The molecular weight excluding hydrogens is 392 g/mol. The molecule has 9 heteroatoms. The minimum Gasteiger partial charge on any atom is -0.457 e. The lowest BCUT2D eigenvalue weighted by Crippen LogP contribution is -2.40. The van der Waals surface area contributed by atoms with Gasteiger partial charge in [0.25, 0.3) is 5.56 Å². The van der Waals surface area contributed by atoms with Crippen LogP contribution in [0.4, 0.5) is 0 Å². The Hall–Kier alpha value is -1.97. The summed E-state index contributed by atoms with van der Waals surface area (Å²) in [6.07, 6.45) is 7.00. The molecule has 9 nitrogen and oxygen atoms in total. The van der Waals surface area contributed by atoms with Crippen LogP contribution in [-0.2, 0) is 14.3 Å². The van der Waals surface area contributed by atoms with Crippen LogP contribution in [0.2, 0.25) is 0 Å². The van der Waals surface area contributed by atoms with E-state index in [2.05, 4.69) is 11.9 Å². The van der Waals surface area contributed by atoms with Crippen LogP contribution in [0.3, 0.4) is 0 Å². The summed E-state index contributed by atoms with van der Waals surface area (Å²) in [6, 6.07) is 1.12. The van der Waals surface area contributed by atoms with Crippen LogP contribution < -0.4 is 11.2 Å². The highest BCUT2D eigenvalue weighted by atomic mass is 16.6. The lowest BCUT2D eigenvalue weighted by atomic mass is 10.1. The Morgan fingerprint density at radius 1 is 1.13 bits per heavy atom. The molecule has 1 aliphatic heterocycles. The van der Waals surface area contributed by atoms with Gasteiger partial charge in [0.15, 0.2) is 12.3 Å². The molecule has 30 heavy (non-hydrogen) atoms. The summed E-state index contributed by atoms with van der Waals surface area (Å²) in [7, 11) is 0. The van der Waals surface area contributed by atoms with Crippen molar-refractivity contribution in [2.45, 2.75) is 95.7 Å². The number of aliphatic hydroxyl groups excluding tert-OH is 2. The van der Waals surface area contributed by atoms with Crippen LogP contribution in [0.15, 0.2) is 21.9 Å². The molecule has 0 unspecified atom stereocenters. The number of ether oxygens (including phenoxy) is 2. The zero-order valence-electron chi connectivity index (χ0n) is 17.6. The second-order valence-electron chi connectivity index (χ2n) is 7.79. The van der Waals surface area contributed by atoms with Gasteiger partial charge in [0, 0.05) is 18.7 Å². The van der Waals surface area contributed by atoms with E-state index in [0.29, 0.717) is 6.42 Å². The molecule has 3 N–H and O–H groups in total. The first-order valence-electron chi connectivity index (χ1n) is 10.9. The van der Waals surface area contributed by atoms with Gasteiger partial charge in [0.1, 0.15) is 12.2 Å². The van der Waals surface area contributed by atoms with Crippen LogP contribution in [0, 0.1) is 0 Å². The van der Waals surface area contributed by atoms with E-state index < -0.39 is 48.4 Å². The Labute approximate surface area is 176 Å². The van der Waals surface area contributed by atoms with E-state index >= 15 is 0 Å². The van der Waals surface area contributed by atoms with Gasteiger partial charge >= 0.3 is 11.7 Å². The quantitative estimate of drug-likeness (QED) is 0.323. The number of hydrogen-bond donors (Lipinski definition) is 3. The molecule has 4 atom stereocenters. The number of H-pyrrole nitrogens is 1. The number of carbonyl (C=O) groups is 1. The highest BCUT2D eigenvalue weighted by Gasteiger charge is 2.47. The molecular formula is C21H34N2O7. The van der Waals surface area contributed by atoms with Gasteiger partial charge in [-0.3, -0.25) is 19.1 Å². The van der Waals surface area contributed by atoms with Crippen molar-refractivity contribution in [1.82, 2.24) is 9.55 Å². The fourth-order valence-corrected chi connectivity index (χ4v) is 3.66. The first kappa shape index (κ1) is 24.3. The number of rotatable bonds is 13. The van der Waals surface area contributed by atoms with E-state index in [-0.39, 0.29) is 6.42 Å². The number of hydrogen-bond acceptors (Lipinski definition) is 7. The normalized spacial score (nSPS) is 23.6. The zero-order chi connectivity index (χ0) is 21.9. The molecule has 0 saturated carbocycles. The number of carbonyl (C=O) groups excluding carboxylic acids is 1. The fraction of sp³-hybridized carbons (Fsp3) is 0.762. The fourth-order valence-electron chi connectivity index (χ4n) is 3.66. The van der Waals surface area contributed by atoms with Crippen molar-refractivity contribution < 1.29 is 24.5 Å². The predicted octanol–water partition coefficient (Wildman–Crippen LogP) is 1.62. The Balaban J connectivity index is 1.77. The number of aromatic amines is 1. The maximum absolute atomic E-state index is 12.2. The maximum atomic E-state index is 12.2. The van der Waals surface area contributed by atoms with E-state index in [0.717, 1.165) is 29.9 Å². The summed E-state index contributed by atoms with van der Waals surface area (Å²) in [5.74, 6) is -0.474. The summed E-state index contributed by atoms with van der Waals surface area (Å²) in [4.78, 5) is 37.4. The summed E-state index contributed by atoms with van der Waals surface area (Å²) in [5, 5.41) is 20.0. The van der Waals surface area contributed by atoms with E-state index in [1.165, 1.54) is 38.3 Å². The zero-order valence-corrected chi connectivity index (χ0v) is 17.6. The lowest BCUT2D eigenvalue weighted by molar-refractivity contribution is -0.156. The third-order valence-corrected chi connectivity index (χ3v) is 5.37. The first-order valence-corrected chi connectivity index (χ1v) is 10.9. The van der Waals surface area contributed by atoms with Crippen molar-refractivity contribution >= 4 is 5.97 Å². The highest BCUT2D eigenvalue weighted by Crippen LogP contribution is 2.30. The molecule has 0 radical (unpaired) electrons. The number of nitrogens with one attached hydrogen (secondary N) is 1. The molecule has 0 spiro atoms. The average Bonchev–Trinajstić information content (AvgIpc) is 3.02. The van der Waals surface area contributed by atoms with Crippen molar-refractivity contribution in [3.05, 3.63) is 33.1 Å². The Morgan fingerprint density at radius 3 is 2.37 bits per heavy atom. The van der Waals surface area contributed by atoms with Gasteiger partial charge < -0.3 is 19.7 Å². The molecule has 0 amide bonds. The van der Waals surface area contributed by atoms with Crippen molar-refractivity contribution in [3.63, 3.8) is 0 Å². The van der Waals surface area contributed by atoms with E-state index in [1.807, 2.05) is 0 Å². The number of aromatic nitrogens is 2. The van der Waals surface area contributed by atoms with Crippen molar-refractivity contribution in [2.24, 2.45) is 0 Å². The van der Waals surface area contributed by atoms with E-state index in [1.54, 1.807) is 0 Å². The monoisotopic (exact) mass is 426 g/mol. The van der Waals surface area contributed by atoms with E-state index in [4.69, 9.17) is 9.47 Å². The summed E-state index contributed by atoms with van der Waals surface area (Å²) in [5.41, 5.74) is -1.34. The van der Waals surface area contributed by atoms with Crippen molar-refractivity contribution in [3.8, 4) is 0 Å². The van der Waals surface area contributed by atoms with Crippen molar-refractivity contribution in [2.75, 3.05) is 6.61 Å². The van der Waals surface area contributed by atoms with Gasteiger partial charge in [-0.05, 0) is 6.42 Å². The molecule has 2 rings (SSSR count). The van der Waals surface area contributed by atoms with Gasteiger partial charge in [-0.1, -0.05) is 58.3 Å². The van der Waals surface area contributed by atoms with Gasteiger partial charge in [-0.15, -0.1) is 0 Å². The molecule has 0 bridgehead atoms. The molecule has 0 aromatic carbocycles. The topological polar surface area (TPSA) is 131 Å². The number of esters is 1.